The minimum Gasteiger partial charge on any atom is -0.291 e. The molecule has 24 heavy (non-hydrogen) atoms. The molecule has 3 nitrogen and oxygen atoms in total. The number of fused-ring (bicyclic) bond motifs is 1. The summed E-state index contributed by atoms with van der Waals surface area (Å²) < 4.78 is 0.805. The Morgan fingerprint density at radius 3 is 2.58 bits per heavy atom. The molecule has 0 saturated heterocycles. The third-order valence-corrected chi connectivity index (χ3v) is 4.91. The molecule has 1 aliphatic heterocycles. The van der Waals surface area contributed by atoms with Crippen LogP contribution in [-0.4, -0.2) is 29.7 Å². The number of hydrogen-bond acceptors (Lipinski definition) is 2. The number of hydrogen-bond donors (Lipinski definition) is 0. The van der Waals surface area contributed by atoms with E-state index in [0.717, 1.165) is 26.6 Å². The predicted octanol–water partition coefficient (Wildman–Crippen LogP) is 4.50. The molecule has 0 fully saturated rings. The van der Waals surface area contributed by atoms with E-state index in [4.69, 9.17) is 0 Å². The molecule has 1 aliphatic rings. The lowest BCUT2D eigenvalue weighted by Crippen LogP contribution is -2.35. The molecule has 3 aromatic carbocycles. The number of halogens is 1. The van der Waals surface area contributed by atoms with Gasteiger partial charge in [-0.05, 0) is 38.8 Å². The molecular weight excluding hydrogens is 364 g/mol. The van der Waals surface area contributed by atoms with Crippen molar-refractivity contribution < 1.29 is 4.79 Å². The SMILES string of the molecule is O=C(c1ccccc1Br)N1CCN=C1c1cccc2ccccc12. The summed E-state index contributed by atoms with van der Waals surface area (Å²) in [5.41, 5.74) is 1.67. The molecule has 3 aromatic rings. The van der Waals surface area contributed by atoms with Gasteiger partial charge < -0.3 is 0 Å². The van der Waals surface area contributed by atoms with E-state index in [1.807, 2.05) is 48.5 Å². The summed E-state index contributed by atoms with van der Waals surface area (Å²) in [5, 5.41) is 2.27. The van der Waals surface area contributed by atoms with E-state index in [2.05, 4.69) is 39.1 Å². The van der Waals surface area contributed by atoms with Gasteiger partial charge in [-0.1, -0.05) is 54.6 Å². The van der Waals surface area contributed by atoms with Crippen LogP contribution >= 0.6 is 15.9 Å². The van der Waals surface area contributed by atoms with Crippen LogP contribution in [0.1, 0.15) is 15.9 Å². The van der Waals surface area contributed by atoms with E-state index in [1.165, 1.54) is 0 Å². The number of amidine groups is 1. The van der Waals surface area contributed by atoms with Crippen molar-refractivity contribution in [1.82, 2.24) is 4.90 Å². The molecule has 0 bridgehead atoms. The minimum absolute atomic E-state index is 0.0216. The van der Waals surface area contributed by atoms with Crippen molar-refractivity contribution in [3.05, 3.63) is 82.3 Å². The van der Waals surface area contributed by atoms with Crippen molar-refractivity contribution in [2.24, 2.45) is 4.99 Å². The van der Waals surface area contributed by atoms with Gasteiger partial charge in [0.25, 0.3) is 5.91 Å². The maximum atomic E-state index is 13.0. The first-order valence-electron chi connectivity index (χ1n) is 7.85. The first kappa shape index (κ1) is 15.1. The molecule has 0 radical (unpaired) electrons. The highest BCUT2D eigenvalue weighted by Gasteiger charge is 2.27. The molecule has 4 heteroatoms. The average molecular weight is 379 g/mol. The molecule has 0 N–H and O–H groups in total. The normalized spacial score (nSPS) is 14.0. The van der Waals surface area contributed by atoms with Crippen LogP contribution in [0.25, 0.3) is 10.8 Å². The zero-order chi connectivity index (χ0) is 16.5. The van der Waals surface area contributed by atoms with Crippen LogP contribution in [-0.2, 0) is 0 Å². The van der Waals surface area contributed by atoms with E-state index >= 15 is 0 Å². The number of aliphatic imine (C=N–C) groups is 1. The molecule has 0 atom stereocenters. The first-order chi connectivity index (χ1) is 11.8. The summed E-state index contributed by atoms with van der Waals surface area (Å²) in [6.07, 6.45) is 0. The van der Waals surface area contributed by atoms with Gasteiger partial charge in [0.1, 0.15) is 5.84 Å². The Morgan fingerprint density at radius 1 is 0.958 bits per heavy atom. The number of rotatable bonds is 2. The van der Waals surface area contributed by atoms with Crippen molar-refractivity contribution in [3.8, 4) is 0 Å². The molecule has 4 rings (SSSR count). The van der Waals surface area contributed by atoms with Crippen LogP contribution in [0.5, 0.6) is 0 Å². The van der Waals surface area contributed by atoms with Gasteiger partial charge >= 0.3 is 0 Å². The van der Waals surface area contributed by atoms with Gasteiger partial charge in [0, 0.05) is 16.6 Å². The van der Waals surface area contributed by atoms with E-state index in [9.17, 15) is 4.79 Å². The summed E-state index contributed by atoms with van der Waals surface area (Å²) in [5.74, 6) is 0.735. The van der Waals surface area contributed by atoms with Gasteiger partial charge in [0.15, 0.2) is 0 Å². The summed E-state index contributed by atoms with van der Waals surface area (Å²) >= 11 is 3.47. The third kappa shape index (κ3) is 2.53. The molecule has 0 spiro atoms. The fourth-order valence-electron chi connectivity index (χ4n) is 3.08. The third-order valence-electron chi connectivity index (χ3n) is 4.22. The van der Waals surface area contributed by atoms with E-state index in [1.54, 1.807) is 4.90 Å². The Kier molecular flexibility index (Phi) is 3.90. The number of carbonyl (C=O) groups excluding carboxylic acids is 1. The molecule has 0 saturated carbocycles. The highest BCUT2D eigenvalue weighted by Crippen LogP contribution is 2.25. The van der Waals surface area contributed by atoms with Crippen molar-refractivity contribution in [2.75, 3.05) is 13.1 Å². The van der Waals surface area contributed by atoms with Crippen molar-refractivity contribution >= 4 is 38.4 Å². The molecule has 1 heterocycles. The van der Waals surface area contributed by atoms with Gasteiger partial charge in [-0.15, -0.1) is 0 Å². The van der Waals surface area contributed by atoms with Crippen molar-refractivity contribution in [2.45, 2.75) is 0 Å². The fraction of sp³-hybridized carbons (Fsp3) is 0.100. The largest absolute Gasteiger partial charge is 0.291 e. The standard InChI is InChI=1S/C20H15BrN2O/c21-18-11-4-3-9-17(18)20(24)23-13-12-22-19(23)16-10-5-7-14-6-1-2-8-15(14)16/h1-11H,12-13H2. The molecule has 1 amide bonds. The van der Waals surface area contributed by atoms with Crippen LogP contribution in [0.15, 0.2) is 76.2 Å². The first-order valence-corrected chi connectivity index (χ1v) is 8.64. The highest BCUT2D eigenvalue weighted by molar-refractivity contribution is 9.10. The van der Waals surface area contributed by atoms with Gasteiger partial charge in [0.2, 0.25) is 0 Å². The van der Waals surface area contributed by atoms with Crippen LogP contribution in [0.4, 0.5) is 0 Å². The van der Waals surface area contributed by atoms with Crippen molar-refractivity contribution in [3.63, 3.8) is 0 Å². The quantitative estimate of drug-likeness (QED) is 0.645. The number of nitrogens with zero attached hydrogens (tertiary/aromatic N) is 2. The predicted molar refractivity (Wildman–Crippen MR) is 101 cm³/mol. The topological polar surface area (TPSA) is 32.7 Å². The summed E-state index contributed by atoms with van der Waals surface area (Å²) in [4.78, 5) is 19.4. The summed E-state index contributed by atoms with van der Waals surface area (Å²) in [7, 11) is 0. The van der Waals surface area contributed by atoms with Gasteiger partial charge in [-0.2, -0.15) is 0 Å². The summed E-state index contributed by atoms with van der Waals surface area (Å²) in [6, 6.07) is 21.8. The fourth-order valence-corrected chi connectivity index (χ4v) is 3.53. The second kappa shape index (κ2) is 6.21. The second-order valence-corrected chi connectivity index (χ2v) is 6.52. The maximum absolute atomic E-state index is 13.0. The lowest BCUT2D eigenvalue weighted by molar-refractivity contribution is 0.0857. The monoisotopic (exact) mass is 378 g/mol. The Bertz CT molecular complexity index is 959. The Balaban J connectivity index is 1.78. The van der Waals surface area contributed by atoms with Crippen LogP contribution in [0.3, 0.4) is 0 Å². The molecule has 118 valence electrons. The lowest BCUT2D eigenvalue weighted by atomic mass is 10.0. The Labute approximate surface area is 148 Å². The van der Waals surface area contributed by atoms with E-state index in [-0.39, 0.29) is 5.91 Å². The van der Waals surface area contributed by atoms with Gasteiger partial charge in [0.05, 0.1) is 12.1 Å². The highest BCUT2D eigenvalue weighted by atomic mass is 79.9. The van der Waals surface area contributed by atoms with E-state index < -0.39 is 0 Å². The van der Waals surface area contributed by atoms with E-state index in [0.29, 0.717) is 18.7 Å². The molecule has 0 unspecified atom stereocenters. The lowest BCUT2D eigenvalue weighted by Gasteiger charge is -2.20. The number of benzene rings is 3. The van der Waals surface area contributed by atoms with Gasteiger partial charge in [-0.3, -0.25) is 14.7 Å². The second-order valence-electron chi connectivity index (χ2n) is 5.67. The number of carbonyl (C=O) groups is 1. The smallest absolute Gasteiger partial charge is 0.260 e. The number of amides is 1. The van der Waals surface area contributed by atoms with Crippen LogP contribution < -0.4 is 0 Å². The zero-order valence-corrected chi connectivity index (χ0v) is 14.5. The molecule has 0 aromatic heterocycles. The Morgan fingerprint density at radius 2 is 1.71 bits per heavy atom. The maximum Gasteiger partial charge on any atom is 0.260 e. The van der Waals surface area contributed by atoms with Gasteiger partial charge in [-0.25, -0.2) is 0 Å². The molecule has 0 aliphatic carbocycles. The van der Waals surface area contributed by atoms with Crippen LogP contribution in [0, 0.1) is 0 Å². The average Bonchev–Trinajstić information content (AvgIpc) is 3.10. The minimum atomic E-state index is -0.0216. The Hall–Kier alpha value is -2.46. The van der Waals surface area contributed by atoms with Crippen molar-refractivity contribution in [1.29, 1.82) is 0 Å². The summed E-state index contributed by atoms with van der Waals surface area (Å²) in [6.45, 7) is 1.24. The van der Waals surface area contributed by atoms with Crippen LogP contribution in [0.2, 0.25) is 0 Å². The molecular formula is C20H15BrN2O. The zero-order valence-electron chi connectivity index (χ0n) is 12.9.